The Morgan fingerprint density at radius 1 is 1.53 bits per heavy atom. The third-order valence-corrected chi connectivity index (χ3v) is 3.21. The summed E-state index contributed by atoms with van der Waals surface area (Å²) in [6.07, 6.45) is 0. The van der Waals surface area contributed by atoms with Crippen LogP contribution in [0.4, 0.5) is 4.39 Å². The van der Waals surface area contributed by atoms with Crippen LogP contribution in [0.1, 0.15) is 17.4 Å². The third-order valence-electron chi connectivity index (χ3n) is 2.25. The van der Waals surface area contributed by atoms with E-state index in [-0.39, 0.29) is 11.9 Å². The van der Waals surface area contributed by atoms with Crippen LogP contribution in [-0.2, 0) is 0 Å². The van der Waals surface area contributed by atoms with Gasteiger partial charge in [0.2, 0.25) is 5.16 Å². The minimum Gasteiger partial charge on any atom is -0.323 e. The maximum absolute atomic E-state index is 13.0. The van der Waals surface area contributed by atoms with Gasteiger partial charge in [-0.2, -0.15) is 0 Å². The first-order valence-electron chi connectivity index (χ1n) is 5.18. The van der Waals surface area contributed by atoms with Gasteiger partial charge in [0.1, 0.15) is 11.6 Å². The van der Waals surface area contributed by atoms with Crippen LogP contribution in [0.5, 0.6) is 0 Å². The van der Waals surface area contributed by atoms with E-state index in [0.29, 0.717) is 10.9 Å². The number of nitrogens with one attached hydrogen (secondary N) is 1. The molecule has 1 aromatic heterocycles. The van der Waals surface area contributed by atoms with Crippen LogP contribution in [0, 0.1) is 12.7 Å². The van der Waals surface area contributed by atoms with Crippen LogP contribution in [0.3, 0.4) is 0 Å². The molecule has 1 unspecified atom stereocenters. The molecule has 0 radical (unpaired) electrons. The molecule has 2 aromatic rings. The quantitative estimate of drug-likeness (QED) is 0.817. The maximum atomic E-state index is 13.0. The topological polar surface area (TPSA) is 67.6 Å². The van der Waals surface area contributed by atoms with E-state index in [0.717, 1.165) is 11.4 Å². The van der Waals surface area contributed by atoms with E-state index in [1.807, 2.05) is 13.0 Å². The highest BCUT2D eigenvalue weighted by molar-refractivity contribution is 7.99. The van der Waals surface area contributed by atoms with Crippen molar-refractivity contribution in [3.8, 4) is 0 Å². The first kappa shape index (κ1) is 12.1. The summed E-state index contributed by atoms with van der Waals surface area (Å²) in [6.45, 7) is 1.84. The lowest BCUT2D eigenvalue weighted by molar-refractivity contribution is 0.622. The fraction of sp³-hybridized carbons (Fsp3) is 0.273. The van der Waals surface area contributed by atoms with Gasteiger partial charge < -0.3 is 5.73 Å². The van der Waals surface area contributed by atoms with Gasteiger partial charge in [-0.25, -0.2) is 9.37 Å². The molecule has 0 bridgehead atoms. The van der Waals surface area contributed by atoms with Crippen LogP contribution < -0.4 is 5.73 Å². The van der Waals surface area contributed by atoms with Gasteiger partial charge in [-0.1, -0.05) is 23.9 Å². The lowest BCUT2D eigenvalue weighted by Crippen LogP contribution is -2.13. The number of aromatic nitrogens is 3. The number of rotatable bonds is 4. The number of H-pyrrole nitrogens is 1. The summed E-state index contributed by atoms with van der Waals surface area (Å²) in [5.41, 5.74) is 6.75. The predicted molar refractivity (Wildman–Crippen MR) is 65.2 cm³/mol. The molecule has 0 fully saturated rings. The van der Waals surface area contributed by atoms with Crippen molar-refractivity contribution in [2.24, 2.45) is 5.73 Å². The molecule has 1 heterocycles. The van der Waals surface area contributed by atoms with Crippen molar-refractivity contribution in [2.45, 2.75) is 18.1 Å². The molecule has 0 saturated heterocycles. The Morgan fingerprint density at radius 2 is 2.35 bits per heavy atom. The molecule has 17 heavy (non-hydrogen) atoms. The van der Waals surface area contributed by atoms with Crippen molar-refractivity contribution in [2.75, 3.05) is 5.75 Å². The minimum atomic E-state index is -0.267. The average Bonchev–Trinajstić information content (AvgIpc) is 2.72. The number of halogens is 1. The highest BCUT2D eigenvalue weighted by atomic mass is 32.2. The standard InChI is InChI=1S/C11H13FN4S/c1-7-14-11(16-15-7)17-6-10(13)8-3-2-4-9(12)5-8/h2-5,10H,6,13H2,1H3,(H,14,15,16). The van der Waals surface area contributed by atoms with Crippen molar-refractivity contribution in [1.29, 1.82) is 0 Å². The van der Waals surface area contributed by atoms with Crippen molar-refractivity contribution in [1.82, 2.24) is 15.2 Å². The van der Waals surface area contributed by atoms with Crippen LogP contribution >= 0.6 is 11.8 Å². The van der Waals surface area contributed by atoms with Crippen molar-refractivity contribution in [3.05, 3.63) is 41.5 Å². The number of thioether (sulfide) groups is 1. The van der Waals surface area contributed by atoms with Gasteiger partial charge in [-0.05, 0) is 24.6 Å². The first-order chi connectivity index (χ1) is 8.15. The summed E-state index contributed by atoms with van der Waals surface area (Å²) < 4.78 is 13.0. The third kappa shape index (κ3) is 3.28. The molecule has 1 atom stereocenters. The van der Waals surface area contributed by atoms with E-state index in [4.69, 9.17) is 5.73 Å². The second kappa shape index (κ2) is 5.29. The molecule has 0 amide bonds. The first-order valence-corrected chi connectivity index (χ1v) is 6.16. The van der Waals surface area contributed by atoms with Crippen LogP contribution in [-0.4, -0.2) is 20.9 Å². The molecule has 0 spiro atoms. The molecule has 3 N–H and O–H groups in total. The molecule has 6 heteroatoms. The second-order valence-electron chi connectivity index (χ2n) is 3.68. The van der Waals surface area contributed by atoms with E-state index in [1.54, 1.807) is 6.07 Å². The highest BCUT2D eigenvalue weighted by Crippen LogP contribution is 2.20. The zero-order chi connectivity index (χ0) is 12.3. The lowest BCUT2D eigenvalue weighted by Gasteiger charge is -2.10. The number of nitrogens with two attached hydrogens (primary N) is 1. The van der Waals surface area contributed by atoms with Gasteiger partial charge in [0, 0.05) is 11.8 Å². The van der Waals surface area contributed by atoms with Crippen LogP contribution in [0.2, 0.25) is 0 Å². The van der Waals surface area contributed by atoms with Crippen molar-refractivity contribution < 1.29 is 4.39 Å². The summed E-state index contributed by atoms with van der Waals surface area (Å²) in [5, 5.41) is 7.42. The largest absolute Gasteiger partial charge is 0.323 e. The SMILES string of the molecule is Cc1nc(SCC(N)c2cccc(F)c2)n[nH]1. The summed E-state index contributed by atoms with van der Waals surface area (Å²) in [6, 6.07) is 6.11. The lowest BCUT2D eigenvalue weighted by atomic mass is 10.1. The van der Waals surface area contributed by atoms with Gasteiger partial charge in [-0.15, -0.1) is 5.10 Å². The van der Waals surface area contributed by atoms with Gasteiger partial charge in [0.25, 0.3) is 0 Å². The summed E-state index contributed by atoms with van der Waals surface area (Å²) >= 11 is 1.45. The molecular formula is C11H13FN4S. The molecule has 0 aliphatic carbocycles. The number of hydrogen-bond acceptors (Lipinski definition) is 4. The summed E-state index contributed by atoms with van der Waals surface area (Å²) in [5.74, 6) is 1.12. The van der Waals surface area contributed by atoms with E-state index < -0.39 is 0 Å². The number of hydrogen-bond donors (Lipinski definition) is 2. The van der Waals surface area contributed by atoms with Gasteiger partial charge in [0.15, 0.2) is 0 Å². The Hall–Kier alpha value is -1.40. The van der Waals surface area contributed by atoms with Crippen LogP contribution in [0.15, 0.2) is 29.4 Å². The number of nitrogens with zero attached hydrogens (tertiary/aromatic N) is 2. The molecule has 90 valence electrons. The fourth-order valence-electron chi connectivity index (χ4n) is 1.38. The minimum absolute atomic E-state index is 0.227. The number of aryl methyl sites for hydroxylation is 1. The average molecular weight is 252 g/mol. The van der Waals surface area contributed by atoms with Gasteiger partial charge in [0.05, 0.1) is 0 Å². The Labute approximate surface area is 103 Å². The monoisotopic (exact) mass is 252 g/mol. The summed E-state index contributed by atoms with van der Waals surface area (Å²) in [7, 11) is 0. The fourth-order valence-corrected chi connectivity index (χ4v) is 2.22. The molecule has 4 nitrogen and oxygen atoms in total. The van der Waals surface area contributed by atoms with Crippen LogP contribution in [0.25, 0.3) is 0 Å². The highest BCUT2D eigenvalue weighted by Gasteiger charge is 2.09. The van der Waals surface area contributed by atoms with Gasteiger partial charge in [-0.3, -0.25) is 5.10 Å². The summed E-state index contributed by atoms with van der Waals surface area (Å²) in [4.78, 5) is 4.16. The van der Waals surface area contributed by atoms with Gasteiger partial charge >= 0.3 is 0 Å². The Bertz CT molecular complexity index is 500. The molecular weight excluding hydrogens is 239 g/mol. The van der Waals surface area contributed by atoms with E-state index in [9.17, 15) is 4.39 Å². The van der Waals surface area contributed by atoms with E-state index in [2.05, 4.69) is 15.2 Å². The molecule has 0 aliphatic rings. The molecule has 1 aromatic carbocycles. The van der Waals surface area contributed by atoms with E-state index >= 15 is 0 Å². The van der Waals surface area contributed by atoms with E-state index in [1.165, 1.54) is 23.9 Å². The smallest absolute Gasteiger partial charge is 0.208 e. The zero-order valence-corrected chi connectivity index (χ0v) is 10.2. The Balaban J connectivity index is 1.95. The number of benzene rings is 1. The molecule has 0 aliphatic heterocycles. The van der Waals surface area contributed by atoms with Crippen molar-refractivity contribution >= 4 is 11.8 Å². The molecule has 0 saturated carbocycles. The molecule has 2 rings (SSSR count). The second-order valence-corrected chi connectivity index (χ2v) is 4.66. The maximum Gasteiger partial charge on any atom is 0.208 e. The predicted octanol–water partition coefficient (Wildman–Crippen LogP) is 2.04. The normalized spacial score (nSPS) is 12.6. The van der Waals surface area contributed by atoms with Crippen molar-refractivity contribution in [3.63, 3.8) is 0 Å². The zero-order valence-electron chi connectivity index (χ0n) is 9.35. The Morgan fingerprint density at radius 3 is 3.00 bits per heavy atom. The number of aromatic amines is 1. The Kier molecular flexibility index (Phi) is 3.75.